The van der Waals surface area contributed by atoms with Crippen molar-refractivity contribution in [2.75, 3.05) is 0 Å². The molecule has 3 aromatic carbocycles. The number of carbonyl (C=O) groups excluding carboxylic acids is 1. The zero-order valence-corrected chi connectivity index (χ0v) is 17.4. The Kier molecular flexibility index (Phi) is 5.36. The number of aromatic nitrogens is 3. The molecule has 0 aliphatic carbocycles. The lowest BCUT2D eigenvalue weighted by atomic mass is 10.1. The molecule has 2 aromatic heterocycles. The number of carbonyl (C=O) groups is 1. The molecule has 1 N–H and O–H groups in total. The van der Waals surface area contributed by atoms with E-state index in [-0.39, 0.29) is 23.6 Å². The van der Waals surface area contributed by atoms with Crippen LogP contribution in [0.4, 0.5) is 8.78 Å². The monoisotopic (exact) mass is 440 g/mol. The number of fused-ring (bicyclic) bond motifs is 1. The summed E-state index contributed by atoms with van der Waals surface area (Å²) < 4.78 is 29.1. The first kappa shape index (κ1) is 20.5. The van der Waals surface area contributed by atoms with Gasteiger partial charge in [-0.25, -0.2) is 18.3 Å². The number of nitrogens with zero attached hydrogens (tertiary/aromatic N) is 3. The number of hydrogen-bond donors (Lipinski definition) is 1. The van der Waals surface area contributed by atoms with Crippen molar-refractivity contribution in [1.29, 1.82) is 0 Å². The van der Waals surface area contributed by atoms with Crippen LogP contribution in [0.25, 0.3) is 28.2 Å². The van der Waals surface area contributed by atoms with Crippen LogP contribution in [-0.2, 0) is 6.54 Å². The number of halogens is 2. The fourth-order valence-electron chi connectivity index (χ4n) is 3.57. The molecule has 0 atom stereocenters. The third-order valence-corrected chi connectivity index (χ3v) is 5.25. The average Bonchev–Trinajstić information content (AvgIpc) is 3.28. The summed E-state index contributed by atoms with van der Waals surface area (Å²) in [6, 6.07) is 24.9. The Bertz CT molecular complexity index is 1450. The van der Waals surface area contributed by atoms with E-state index in [0.29, 0.717) is 17.0 Å². The van der Waals surface area contributed by atoms with Crippen LogP contribution in [0, 0.1) is 11.6 Å². The smallest absolute Gasteiger partial charge is 0.270 e. The first-order valence-electron chi connectivity index (χ1n) is 10.3. The normalized spacial score (nSPS) is 11.0. The van der Waals surface area contributed by atoms with E-state index in [4.69, 9.17) is 0 Å². The number of rotatable bonds is 5. The largest absolute Gasteiger partial charge is 0.347 e. The molecule has 0 radical (unpaired) electrons. The maximum atomic E-state index is 14.5. The summed E-state index contributed by atoms with van der Waals surface area (Å²) in [5.41, 5.74) is 3.50. The molecule has 0 aliphatic rings. The molecule has 0 unspecified atom stereocenters. The molecule has 7 heteroatoms. The van der Waals surface area contributed by atoms with Crippen molar-refractivity contribution in [2.24, 2.45) is 0 Å². The van der Waals surface area contributed by atoms with Gasteiger partial charge in [0.1, 0.15) is 17.3 Å². The number of hydrogen-bond acceptors (Lipinski definition) is 3. The molecule has 5 aromatic rings. The van der Waals surface area contributed by atoms with E-state index in [9.17, 15) is 13.6 Å². The minimum absolute atomic E-state index is 0.199. The van der Waals surface area contributed by atoms with Gasteiger partial charge in [0, 0.05) is 23.7 Å². The van der Waals surface area contributed by atoms with Gasteiger partial charge >= 0.3 is 0 Å². The van der Waals surface area contributed by atoms with Gasteiger partial charge in [-0.1, -0.05) is 54.6 Å². The highest BCUT2D eigenvalue weighted by Gasteiger charge is 2.18. The van der Waals surface area contributed by atoms with Crippen molar-refractivity contribution in [3.05, 3.63) is 114 Å². The molecule has 0 saturated carbocycles. The van der Waals surface area contributed by atoms with Gasteiger partial charge in [0.15, 0.2) is 5.65 Å². The molecule has 162 valence electrons. The van der Waals surface area contributed by atoms with Gasteiger partial charge in [0.25, 0.3) is 5.91 Å². The van der Waals surface area contributed by atoms with Crippen LogP contribution in [0.15, 0.2) is 91.0 Å². The minimum atomic E-state index is -0.435. The number of nitrogens with one attached hydrogen (secondary N) is 1. The van der Waals surface area contributed by atoms with Gasteiger partial charge in [-0.2, -0.15) is 5.10 Å². The number of amides is 1. The molecule has 0 fully saturated rings. The Morgan fingerprint density at radius 1 is 0.848 bits per heavy atom. The van der Waals surface area contributed by atoms with Gasteiger partial charge in [-0.15, -0.1) is 0 Å². The van der Waals surface area contributed by atoms with Gasteiger partial charge in [-0.05, 0) is 35.9 Å². The summed E-state index contributed by atoms with van der Waals surface area (Å²) in [6.07, 6.45) is 0. The Morgan fingerprint density at radius 2 is 1.58 bits per heavy atom. The third kappa shape index (κ3) is 4.21. The molecule has 0 aliphatic heterocycles. The summed E-state index contributed by atoms with van der Waals surface area (Å²) in [5, 5.41) is 7.40. The number of benzene rings is 3. The average molecular weight is 440 g/mol. The fraction of sp³-hybridized carbons (Fsp3) is 0.0385. The summed E-state index contributed by atoms with van der Waals surface area (Å²) in [7, 11) is 0. The van der Waals surface area contributed by atoms with E-state index in [1.807, 2.05) is 30.3 Å². The van der Waals surface area contributed by atoms with Crippen LogP contribution >= 0.6 is 0 Å². The highest BCUT2D eigenvalue weighted by molar-refractivity contribution is 5.94. The zero-order valence-electron chi connectivity index (χ0n) is 17.4. The maximum absolute atomic E-state index is 14.5. The van der Waals surface area contributed by atoms with Crippen molar-refractivity contribution >= 4 is 11.6 Å². The molecular formula is C26H18F2N4O. The molecule has 0 bridgehead atoms. The van der Waals surface area contributed by atoms with Crippen molar-refractivity contribution in [2.45, 2.75) is 6.54 Å². The predicted octanol–water partition coefficient (Wildman–Crippen LogP) is 5.27. The van der Waals surface area contributed by atoms with E-state index < -0.39 is 11.7 Å². The Labute approximate surface area is 188 Å². The summed E-state index contributed by atoms with van der Waals surface area (Å²) in [6.45, 7) is 0.199. The highest BCUT2D eigenvalue weighted by Crippen LogP contribution is 2.25. The highest BCUT2D eigenvalue weighted by atomic mass is 19.1. The van der Waals surface area contributed by atoms with Gasteiger partial charge in [-0.3, -0.25) is 4.79 Å². The molecule has 0 saturated heterocycles. The summed E-state index contributed by atoms with van der Waals surface area (Å²) in [4.78, 5) is 17.7. The van der Waals surface area contributed by atoms with Crippen molar-refractivity contribution in [1.82, 2.24) is 19.9 Å². The molecule has 33 heavy (non-hydrogen) atoms. The second kappa shape index (κ2) is 8.63. The van der Waals surface area contributed by atoms with E-state index in [0.717, 1.165) is 11.1 Å². The van der Waals surface area contributed by atoms with Gasteiger partial charge < -0.3 is 5.32 Å². The first-order valence-corrected chi connectivity index (χ1v) is 10.3. The Morgan fingerprint density at radius 3 is 2.33 bits per heavy atom. The topological polar surface area (TPSA) is 59.3 Å². The maximum Gasteiger partial charge on any atom is 0.270 e. The lowest BCUT2D eigenvalue weighted by Gasteiger charge is -2.10. The minimum Gasteiger partial charge on any atom is -0.347 e. The molecule has 1 amide bonds. The van der Waals surface area contributed by atoms with Gasteiger partial charge in [0.2, 0.25) is 0 Å². The molecule has 0 spiro atoms. The van der Waals surface area contributed by atoms with Crippen LogP contribution < -0.4 is 5.32 Å². The van der Waals surface area contributed by atoms with Crippen LogP contribution in [0.2, 0.25) is 0 Å². The summed E-state index contributed by atoms with van der Waals surface area (Å²) in [5.74, 6) is -1.19. The Hall–Kier alpha value is -4.39. The van der Waals surface area contributed by atoms with Crippen molar-refractivity contribution < 1.29 is 13.6 Å². The van der Waals surface area contributed by atoms with Crippen LogP contribution in [0.5, 0.6) is 0 Å². The zero-order chi connectivity index (χ0) is 22.8. The lowest BCUT2D eigenvalue weighted by molar-refractivity contribution is 0.0943. The van der Waals surface area contributed by atoms with E-state index in [1.54, 1.807) is 36.4 Å². The van der Waals surface area contributed by atoms with Crippen LogP contribution in [-0.4, -0.2) is 20.5 Å². The van der Waals surface area contributed by atoms with Crippen molar-refractivity contribution in [3.63, 3.8) is 0 Å². The standard InChI is InChI=1S/C26H18F2N4O/c27-19-12-10-17(11-13-19)16-29-26(33)24-14-23(20-8-4-5-9-21(20)28)30-25-15-22(31-32(24)25)18-6-2-1-3-7-18/h1-15H,16H2,(H,29,33). The Balaban J connectivity index is 1.58. The SMILES string of the molecule is O=C(NCc1ccc(F)cc1)c1cc(-c2ccccc2F)nc2cc(-c3ccccc3)nn12. The van der Waals surface area contributed by atoms with Crippen LogP contribution in [0.1, 0.15) is 16.1 Å². The lowest BCUT2D eigenvalue weighted by Crippen LogP contribution is -2.25. The summed E-state index contributed by atoms with van der Waals surface area (Å²) >= 11 is 0. The second-order valence-corrected chi connectivity index (χ2v) is 7.48. The van der Waals surface area contributed by atoms with Crippen LogP contribution in [0.3, 0.4) is 0 Å². The molecular weight excluding hydrogens is 422 g/mol. The fourth-order valence-corrected chi connectivity index (χ4v) is 3.57. The third-order valence-electron chi connectivity index (χ3n) is 5.25. The first-order chi connectivity index (χ1) is 16.1. The predicted molar refractivity (Wildman–Crippen MR) is 121 cm³/mol. The molecule has 2 heterocycles. The van der Waals surface area contributed by atoms with E-state index in [2.05, 4.69) is 15.4 Å². The van der Waals surface area contributed by atoms with Crippen molar-refractivity contribution in [3.8, 4) is 22.5 Å². The second-order valence-electron chi connectivity index (χ2n) is 7.48. The quantitative estimate of drug-likeness (QED) is 0.405. The molecule has 5 rings (SSSR count). The molecule has 5 nitrogen and oxygen atoms in total. The van der Waals surface area contributed by atoms with E-state index in [1.165, 1.54) is 28.8 Å². The van der Waals surface area contributed by atoms with Gasteiger partial charge in [0.05, 0.1) is 11.4 Å². The van der Waals surface area contributed by atoms with E-state index >= 15 is 0 Å².